The summed E-state index contributed by atoms with van der Waals surface area (Å²) in [6.45, 7) is 5.33. The molecule has 1 aromatic heterocycles. The maximum absolute atomic E-state index is 13.1. The predicted molar refractivity (Wildman–Crippen MR) is 100 cm³/mol. The van der Waals surface area contributed by atoms with Crippen LogP contribution >= 0.6 is 0 Å². The molecule has 130 valence electrons. The second-order valence-electron chi connectivity index (χ2n) is 6.13. The molecule has 0 saturated heterocycles. The fraction of sp³-hybridized carbons (Fsp3) is 0.300. The van der Waals surface area contributed by atoms with Crippen LogP contribution in [0.1, 0.15) is 24.4 Å². The van der Waals surface area contributed by atoms with E-state index >= 15 is 0 Å². The maximum Gasteiger partial charge on any atom is 0.266 e. The second kappa shape index (κ2) is 7.59. The van der Waals surface area contributed by atoms with E-state index < -0.39 is 0 Å². The van der Waals surface area contributed by atoms with Crippen molar-refractivity contribution in [3.63, 3.8) is 0 Å². The van der Waals surface area contributed by atoms with Gasteiger partial charge in [0.15, 0.2) is 0 Å². The van der Waals surface area contributed by atoms with Crippen LogP contribution < -0.4 is 10.9 Å². The maximum atomic E-state index is 13.1. The van der Waals surface area contributed by atoms with Gasteiger partial charge in [0.1, 0.15) is 5.82 Å². The van der Waals surface area contributed by atoms with E-state index in [0.717, 1.165) is 11.3 Å². The van der Waals surface area contributed by atoms with Crippen molar-refractivity contribution in [2.45, 2.75) is 19.9 Å². The Morgan fingerprint density at radius 1 is 1.16 bits per heavy atom. The summed E-state index contributed by atoms with van der Waals surface area (Å²) < 4.78 is 6.80. The number of ether oxygens (including phenoxy) is 1. The molecule has 0 spiro atoms. The number of benzene rings is 2. The van der Waals surface area contributed by atoms with Crippen molar-refractivity contribution in [1.29, 1.82) is 0 Å². The molecule has 2 aromatic carbocycles. The van der Waals surface area contributed by atoms with E-state index in [-0.39, 0.29) is 11.6 Å². The van der Waals surface area contributed by atoms with E-state index in [2.05, 4.69) is 5.32 Å². The standard InChI is InChI=1S/C20H23N3O2/c1-14-8-10-16(11-9-14)23-19(15(2)21-12-13-25-3)22-18-7-5-4-6-17(18)20(23)24/h4-11,15,21H,12-13H2,1-3H3/t15-/m1/s1. The zero-order valence-corrected chi connectivity index (χ0v) is 14.8. The first-order valence-corrected chi connectivity index (χ1v) is 8.43. The van der Waals surface area contributed by atoms with Crippen LogP contribution in [0.2, 0.25) is 0 Å². The van der Waals surface area contributed by atoms with Gasteiger partial charge in [0.2, 0.25) is 0 Å². The van der Waals surface area contributed by atoms with Crippen molar-refractivity contribution in [3.8, 4) is 5.69 Å². The molecule has 0 radical (unpaired) electrons. The molecule has 5 heteroatoms. The van der Waals surface area contributed by atoms with Crippen molar-refractivity contribution >= 4 is 10.9 Å². The molecule has 5 nitrogen and oxygen atoms in total. The summed E-state index contributed by atoms with van der Waals surface area (Å²) in [6, 6.07) is 15.3. The summed E-state index contributed by atoms with van der Waals surface area (Å²) in [5.74, 6) is 0.698. The van der Waals surface area contributed by atoms with Gasteiger partial charge in [0.25, 0.3) is 5.56 Å². The number of nitrogens with zero attached hydrogens (tertiary/aromatic N) is 2. The van der Waals surface area contributed by atoms with Crippen LogP contribution in [-0.4, -0.2) is 29.8 Å². The second-order valence-corrected chi connectivity index (χ2v) is 6.13. The first kappa shape index (κ1) is 17.3. The van der Waals surface area contributed by atoms with Gasteiger partial charge in [-0.1, -0.05) is 29.8 Å². The van der Waals surface area contributed by atoms with E-state index in [1.807, 2.05) is 62.4 Å². The van der Waals surface area contributed by atoms with E-state index in [1.54, 1.807) is 11.7 Å². The number of aromatic nitrogens is 2. The lowest BCUT2D eigenvalue weighted by atomic mass is 10.2. The van der Waals surface area contributed by atoms with Gasteiger partial charge in [0.05, 0.1) is 29.2 Å². The van der Waals surface area contributed by atoms with Crippen LogP contribution in [-0.2, 0) is 4.74 Å². The number of aryl methyl sites for hydroxylation is 1. The Bertz CT molecular complexity index is 916. The van der Waals surface area contributed by atoms with Crippen LogP contribution in [0.4, 0.5) is 0 Å². The number of methoxy groups -OCH3 is 1. The van der Waals surface area contributed by atoms with Gasteiger partial charge in [-0.25, -0.2) is 4.98 Å². The minimum atomic E-state index is -0.0891. The Hall–Kier alpha value is -2.50. The van der Waals surface area contributed by atoms with Crippen LogP contribution in [0.25, 0.3) is 16.6 Å². The topological polar surface area (TPSA) is 56.1 Å². The highest BCUT2D eigenvalue weighted by Gasteiger charge is 2.17. The molecule has 0 fully saturated rings. The Morgan fingerprint density at radius 2 is 1.88 bits per heavy atom. The number of hydrogen-bond acceptors (Lipinski definition) is 4. The van der Waals surface area contributed by atoms with Gasteiger partial charge < -0.3 is 10.1 Å². The number of nitrogens with one attached hydrogen (secondary N) is 1. The zero-order chi connectivity index (χ0) is 17.8. The van der Waals surface area contributed by atoms with Gasteiger partial charge in [-0.2, -0.15) is 0 Å². The van der Waals surface area contributed by atoms with Gasteiger partial charge in [-0.05, 0) is 38.1 Å². The number of hydrogen-bond donors (Lipinski definition) is 1. The summed E-state index contributed by atoms with van der Waals surface area (Å²) in [4.78, 5) is 17.9. The third kappa shape index (κ3) is 3.62. The first-order valence-electron chi connectivity index (χ1n) is 8.43. The summed E-state index contributed by atoms with van der Waals surface area (Å²) in [5, 5.41) is 3.99. The fourth-order valence-corrected chi connectivity index (χ4v) is 2.85. The van der Waals surface area contributed by atoms with Crippen LogP contribution in [0.15, 0.2) is 53.3 Å². The third-order valence-electron chi connectivity index (χ3n) is 4.24. The lowest BCUT2D eigenvalue weighted by Gasteiger charge is -2.19. The van der Waals surface area contributed by atoms with E-state index in [0.29, 0.717) is 29.9 Å². The van der Waals surface area contributed by atoms with Gasteiger partial charge in [-0.15, -0.1) is 0 Å². The lowest BCUT2D eigenvalue weighted by molar-refractivity contribution is 0.196. The molecule has 0 aliphatic rings. The minimum Gasteiger partial charge on any atom is -0.383 e. The molecule has 1 N–H and O–H groups in total. The molecule has 3 rings (SSSR count). The van der Waals surface area contributed by atoms with Crippen molar-refractivity contribution in [2.75, 3.05) is 20.3 Å². The normalized spacial score (nSPS) is 12.4. The van der Waals surface area contributed by atoms with E-state index in [9.17, 15) is 4.79 Å². The molecule has 0 unspecified atom stereocenters. The van der Waals surface area contributed by atoms with Crippen molar-refractivity contribution in [2.24, 2.45) is 0 Å². The molecule has 0 saturated carbocycles. The Labute approximate surface area is 147 Å². The van der Waals surface area contributed by atoms with Gasteiger partial charge >= 0.3 is 0 Å². The number of rotatable bonds is 6. The van der Waals surface area contributed by atoms with Crippen LogP contribution in [0.5, 0.6) is 0 Å². The summed E-state index contributed by atoms with van der Waals surface area (Å²) >= 11 is 0. The van der Waals surface area contributed by atoms with Crippen LogP contribution in [0.3, 0.4) is 0 Å². The third-order valence-corrected chi connectivity index (χ3v) is 4.24. The average Bonchev–Trinajstić information content (AvgIpc) is 2.63. The molecule has 1 atom stereocenters. The summed E-state index contributed by atoms with van der Waals surface area (Å²) in [7, 11) is 1.67. The van der Waals surface area contributed by atoms with Crippen molar-refractivity contribution in [1.82, 2.24) is 14.9 Å². The monoisotopic (exact) mass is 337 g/mol. The average molecular weight is 337 g/mol. The highest BCUT2D eigenvalue weighted by Crippen LogP contribution is 2.18. The smallest absolute Gasteiger partial charge is 0.266 e. The Kier molecular flexibility index (Phi) is 5.26. The van der Waals surface area contributed by atoms with Gasteiger partial charge in [-0.3, -0.25) is 9.36 Å². The van der Waals surface area contributed by atoms with E-state index in [1.165, 1.54) is 0 Å². The summed E-state index contributed by atoms with van der Waals surface area (Å²) in [5.41, 5.74) is 2.64. The molecule has 0 aliphatic heterocycles. The molecule has 0 amide bonds. The molecule has 25 heavy (non-hydrogen) atoms. The number of fused-ring (bicyclic) bond motifs is 1. The van der Waals surface area contributed by atoms with Crippen molar-refractivity contribution < 1.29 is 4.74 Å². The Morgan fingerprint density at radius 3 is 2.60 bits per heavy atom. The lowest BCUT2D eigenvalue weighted by Crippen LogP contribution is -2.31. The van der Waals surface area contributed by atoms with E-state index in [4.69, 9.17) is 9.72 Å². The molecular formula is C20H23N3O2. The van der Waals surface area contributed by atoms with Crippen molar-refractivity contribution in [3.05, 3.63) is 70.3 Å². The van der Waals surface area contributed by atoms with Crippen LogP contribution in [0, 0.1) is 6.92 Å². The quantitative estimate of drug-likeness (QED) is 0.703. The Balaban J connectivity index is 2.17. The minimum absolute atomic E-state index is 0.0511. The molecular weight excluding hydrogens is 314 g/mol. The largest absolute Gasteiger partial charge is 0.383 e. The molecule has 1 heterocycles. The molecule has 0 bridgehead atoms. The first-order chi connectivity index (χ1) is 12.1. The molecule has 3 aromatic rings. The highest BCUT2D eigenvalue weighted by atomic mass is 16.5. The zero-order valence-electron chi connectivity index (χ0n) is 14.8. The number of para-hydroxylation sites is 1. The fourth-order valence-electron chi connectivity index (χ4n) is 2.85. The predicted octanol–water partition coefficient (Wildman–Crippen LogP) is 2.99. The highest BCUT2D eigenvalue weighted by molar-refractivity contribution is 5.77. The van der Waals surface area contributed by atoms with Gasteiger partial charge in [0, 0.05) is 13.7 Å². The molecule has 0 aliphatic carbocycles. The SMILES string of the molecule is COCCN[C@H](C)c1nc2ccccc2c(=O)n1-c1ccc(C)cc1. The summed E-state index contributed by atoms with van der Waals surface area (Å²) in [6.07, 6.45) is 0.